The van der Waals surface area contributed by atoms with Gasteiger partial charge in [0.1, 0.15) is 11.5 Å². The first-order valence-corrected chi connectivity index (χ1v) is 7.46. The summed E-state index contributed by atoms with van der Waals surface area (Å²) in [5.74, 6) is 2.62. The minimum atomic E-state index is 0.471. The summed E-state index contributed by atoms with van der Waals surface area (Å²) in [4.78, 5) is 0. The lowest BCUT2D eigenvalue weighted by Crippen LogP contribution is -2.21. The van der Waals surface area contributed by atoms with Gasteiger partial charge in [-0.2, -0.15) is 0 Å². The molecule has 20 heavy (non-hydrogen) atoms. The largest absolute Gasteiger partial charge is 0.460 e. The van der Waals surface area contributed by atoms with Crippen molar-refractivity contribution >= 4 is 0 Å². The highest BCUT2D eigenvalue weighted by atomic mass is 16.3. The molecule has 0 amide bonds. The van der Waals surface area contributed by atoms with Crippen LogP contribution in [-0.4, -0.2) is 6.04 Å². The van der Waals surface area contributed by atoms with Crippen molar-refractivity contribution in [1.82, 2.24) is 5.32 Å². The van der Waals surface area contributed by atoms with Crippen molar-refractivity contribution in [3.8, 4) is 11.3 Å². The number of hydrogen-bond acceptors (Lipinski definition) is 2. The molecule has 108 valence electrons. The molecular weight excluding hydrogens is 246 g/mol. The van der Waals surface area contributed by atoms with E-state index in [0.717, 1.165) is 30.0 Å². The van der Waals surface area contributed by atoms with Crippen molar-refractivity contribution in [2.24, 2.45) is 5.92 Å². The third-order valence-corrected chi connectivity index (χ3v) is 3.23. The maximum atomic E-state index is 5.88. The van der Waals surface area contributed by atoms with Crippen LogP contribution in [0.25, 0.3) is 11.3 Å². The van der Waals surface area contributed by atoms with Gasteiger partial charge in [-0.3, -0.25) is 0 Å². The molecule has 0 unspecified atom stereocenters. The third kappa shape index (κ3) is 4.24. The van der Waals surface area contributed by atoms with Crippen LogP contribution in [0, 0.1) is 5.92 Å². The highest BCUT2D eigenvalue weighted by Crippen LogP contribution is 2.23. The van der Waals surface area contributed by atoms with Crippen LogP contribution >= 0.6 is 0 Å². The molecule has 2 rings (SSSR count). The zero-order chi connectivity index (χ0) is 14.5. The molecule has 0 aliphatic rings. The summed E-state index contributed by atoms with van der Waals surface area (Å²) in [5.41, 5.74) is 2.53. The van der Waals surface area contributed by atoms with Gasteiger partial charge < -0.3 is 9.73 Å². The van der Waals surface area contributed by atoms with Crippen LogP contribution in [0.2, 0.25) is 0 Å². The molecule has 1 aromatic heterocycles. The molecule has 2 nitrogen and oxygen atoms in total. The molecule has 0 aliphatic carbocycles. The Hall–Kier alpha value is -1.54. The molecule has 1 N–H and O–H groups in total. The van der Waals surface area contributed by atoms with Crippen LogP contribution in [0.1, 0.15) is 39.0 Å². The summed E-state index contributed by atoms with van der Waals surface area (Å²) in [7, 11) is 0. The lowest BCUT2D eigenvalue weighted by atomic mass is 10.0. The van der Waals surface area contributed by atoms with Crippen LogP contribution in [0.15, 0.2) is 40.8 Å². The molecule has 1 heterocycles. The Kier molecular flexibility index (Phi) is 5.02. The first-order chi connectivity index (χ1) is 9.54. The van der Waals surface area contributed by atoms with E-state index in [4.69, 9.17) is 4.42 Å². The summed E-state index contributed by atoms with van der Waals surface area (Å²) >= 11 is 0. The molecule has 0 saturated carbocycles. The fourth-order valence-electron chi connectivity index (χ4n) is 2.21. The molecule has 0 radical (unpaired) electrons. The quantitative estimate of drug-likeness (QED) is 0.827. The number of hydrogen-bond donors (Lipinski definition) is 1. The minimum absolute atomic E-state index is 0.471. The monoisotopic (exact) mass is 271 g/mol. The van der Waals surface area contributed by atoms with Crippen molar-refractivity contribution in [3.63, 3.8) is 0 Å². The van der Waals surface area contributed by atoms with Gasteiger partial charge in [-0.25, -0.2) is 0 Å². The highest BCUT2D eigenvalue weighted by molar-refractivity contribution is 5.57. The van der Waals surface area contributed by atoms with Crippen LogP contribution in [-0.2, 0) is 13.0 Å². The van der Waals surface area contributed by atoms with E-state index >= 15 is 0 Å². The Morgan fingerprint density at radius 1 is 0.950 bits per heavy atom. The van der Waals surface area contributed by atoms with Crippen molar-refractivity contribution in [3.05, 3.63) is 47.7 Å². The van der Waals surface area contributed by atoms with Gasteiger partial charge in [0.05, 0.1) is 6.54 Å². The zero-order valence-electron chi connectivity index (χ0n) is 12.9. The number of nitrogens with one attached hydrogen (secondary N) is 1. The SMILES string of the molecule is CC(C)Cc1ccc(-c2ccc(CNC(C)C)o2)cc1. The number of rotatable bonds is 6. The van der Waals surface area contributed by atoms with Crippen LogP contribution in [0.3, 0.4) is 0 Å². The second-order valence-corrected chi connectivity index (χ2v) is 6.10. The fraction of sp³-hybridized carbons (Fsp3) is 0.444. The van der Waals surface area contributed by atoms with Crippen molar-refractivity contribution in [2.75, 3.05) is 0 Å². The molecule has 0 fully saturated rings. The van der Waals surface area contributed by atoms with E-state index in [1.54, 1.807) is 0 Å². The molecule has 1 aromatic carbocycles. The molecule has 0 saturated heterocycles. The van der Waals surface area contributed by atoms with E-state index in [0.29, 0.717) is 12.0 Å². The first kappa shape index (κ1) is 14.9. The van der Waals surface area contributed by atoms with Crippen LogP contribution in [0.4, 0.5) is 0 Å². The summed E-state index contributed by atoms with van der Waals surface area (Å²) in [6.45, 7) is 9.54. The van der Waals surface area contributed by atoms with E-state index in [9.17, 15) is 0 Å². The molecule has 0 aliphatic heterocycles. The van der Waals surface area contributed by atoms with E-state index in [1.807, 2.05) is 6.07 Å². The molecule has 0 spiro atoms. The van der Waals surface area contributed by atoms with Gasteiger partial charge in [-0.1, -0.05) is 52.0 Å². The van der Waals surface area contributed by atoms with Crippen molar-refractivity contribution < 1.29 is 4.42 Å². The number of furan rings is 1. The lowest BCUT2D eigenvalue weighted by Gasteiger charge is -2.06. The van der Waals surface area contributed by atoms with Crippen molar-refractivity contribution in [2.45, 2.75) is 46.7 Å². The van der Waals surface area contributed by atoms with Crippen molar-refractivity contribution in [1.29, 1.82) is 0 Å². The highest BCUT2D eigenvalue weighted by Gasteiger charge is 2.06. The molecule has 2 heteroatoms. The Labute approximate surface area is 122 Å². The molecule has 0 bridgehead atoms. The topological polar surface area (TPSA) is 25.2 Å². The van der Waals surface area contributed by atoms with E-state index in [1.165, 1.54) is 5.56 Å². The Balaban J connectivity index is 2.04. The second-order valence-electron chi connectivity index (χ2n) is 6.10. The second kappa shape index (κ2) is 6.76. The first-order valence-electron chi connectivity index (χ1n) is 7.46. The summed E-state index contributed by atoms with van der Waals surface area (Å²) in [5, 5.41) is 3.36. The minimum Gasteiger partial charge on any atom is -0.460 e. The normalized spacial score (nSPS) is 11.5. The fourth-order valence-corrected chi connectivity index (χ4v) is 2.21. The van der Waals surface area contributed by atoms with Gasteiger partial charge in [0.25, 0.3) is 0 Å². The van der Waals surface area contributed by atoms with Gasteiger partial charge in [0.15, 0.2) is 0 Å². The van der Waals surface area contributed by atoms with Crippen LogP contribution in [0.5, 0.6) is 0 Å². The average Bonchev–Trinajstić information content (AvgIpc) is 2.85. The smallest absolute Gasteiger partial charge is 0.134 e. The molecule has 2 aromatic rings. The van der Waals surface area contributed by atoms with Gasteiger partial charge in [0.2, 0.25) is 0 Å². The zero-order valence-corrected chi connectivity index (χ0v) is 12.9. The maximum absolute atomic E-state index is 5.88. The predicted octanol–water partition coefficient (Wildman–Crippen LogP) is 4.64. The third-order valence-electron chi connectivity index (χ3n) is 3.23. The van der Waals surface area contributed by atoms with Gasteiger partial charge in [-0.05, 0) is 30.0 Å². The van der Waals surface area contributed by atoms with E-state index < -0.39 is 0 Å². The molecular formula is C18H25NO. The summed E-state index contributed by atoms with van der Waals surface area (Å²) < 4.78 is 5.88. The van der Waals surface area contributed by atoms with E-state index in [-0.39, 0.29) is 0 Å². The van der Waals surface area contributed by atoms with Gasteiger partial charge in [0, 0.05) is 11.6 Å². The maximum Gasteiger partial charge on any atom is 0.134 e. The predicted molar refractivity (Wildman–Crippen MR) is 84.7 cm³/mol. The Morgan fingerprint density at radius 2 is 1.65 bits per heavy atom. The Morgan fingerprint density at radius 3 is 2.25 bits per heavy atom. The van der Waals surface area contributed by atoms with E-state index in [2.05, 4.69) is 63.3 Å². The standard InChI is InChI=1S/C18H25NO/c1-13(2)11-15-5-7-16(8-6-15)18-10-9-17(20-18)12-19-14(3)4/h5-10,13-14,19H,11-12H2,1-4H3. The van der Waals surface area contributed by atoms with Gasteiger partial charge in [-0.15, -0.1) is 0 Å². The molecule has 0 atom stereocenters. The summed E-state index contributed by atoms with van der Waals surface area (Å²) in [6.07, 6.45) is 1.13. The van der Waals surface area contributed by atoms with Crippen LogP contribution < -0.4 is 5.32 Å². The average molecular weight is 271 g/mol. The summed E-state index contributed by atoms with van der Waals surface area (Å²) in [6, 6.07) is 13.3. The number of benzene rings is 1. The van der Waals surface area contributed by atoms with Gasteiger partial charge >= 0.3 is 0 Å². The Bertz CT molecular complexity index is 523. The lowest BCUT2D eigenvalue weighted by molar-refractivity contribution is 0.473.